The molecule has 2 rings (SSSR count). The lowest BCUT2D eigenvalue weighted by Gasteiger charge is -2.07. The Morgan fingerprint density at radius 3 is 2.50 bits per heavy atom. The van der Waals surface area contributed by atoms with E-state index in [-0.39, 0.29) is 4.90 Å². The largest absolute Gasteiger partial charge is 0.297 e. The van der Waals surface area contributed by atoms with E-state index in [1.54, 1.807) is 6.07 Å². The van der Waals surface area contributed by atoms with Crippen LogP contribution in [0.15, 0.2) is 45.8 Å². The summed E-state index contributed by atoms with van der Waals surface area (Å²) in [5.41, 5.74) is 0. The molecule has 2 aromatic rings. The molecule has 0 amide bonds. The maximum Gasteiger partial charge on any atom is 0.297 e. The summed E-state index contributed by atoms with van der Waals surface area (Å²) in [5, 5.41) is 1.82. The molecule has 0 aromatic heterocycles. The molecule has 0 saturated heterocycles. The fourth-order valence-corrected chi connectivity index (χ4v) is 3.33. The Hall–Kier alpha value is -0.910. The molecule has 0 fully saturated rings. The molecule has 0 atom stereocenters. The van der Waals surface area contributed by atoms with Gasteiger partial charge < -0.3 is 0 Å². The van der Waals surface area contributed by atoms with Crippen LogP contribution in [0.4, 0.5) is 0 Å². The molecule has 0 aliphatic rings. The van der Waals surface area contributed by atoms with Gasteiger partial charge in [0.1, 0.15) is 4.90 Å². The van der Waals surface area contributed by atoms with Gasteiger partial charge in [-0.3, -0.25) is 4.18 Å². The van der Waals surface area contributed by atoms with Gasteiger partial charge in [0.15, 0.2) is 0 Å². The number of halogens is 1. The molecular weight excluding hydrogens is 292 g/mol. The van der Waals surface area contributed by atoms with Crippen molar-refractivity contribution in [1.82, 2.24) is 0 Å². The highest BCUT2D eigenvalue weighted by molar-refractivity contribution is 9.10. The Morgan fingerprint density at radius 1 is 1.12 bits per heavy atom. The van der Waals surface area contributed by atoms with Crippen molar-refractivity contribution in [2.45, 2.75) is 4.90 Å². The molecule has 3 nitrogen and oxygen atoms in total. The van der Waals surface area contributed by atoms with Gasteiger partial charge in [-0.2, -0.15) is 8.42 Å². The van der Waals surface area contributed by atoms with E-state index in [2.05, 4.69) is 20.1 Å². The number of hydrogen-bond acceptors (Lipinski definition) is 3. The lowest BCUT2D eigenvalue weighted by molar-refractivity contribution is 0.397. The van der Waals surface area contributed by atoms with E-state index >= 15 is 0 Å². The summed E-state index contributed by atoms with van der Waals surface area (Å²) in [6.45, 7) is 0. The summed E-state index contributed by atoms with van der Waals surface area (Å²) < 4.78 is 28.3. The smallest absolute Gasteiger partial charge is 0.270 e. The Morgan fingerprint density at radius 2 is 1.81 bits per heavy atom. The molecule has 0 radical (unpaired) electrons. The summed E-state index contributed by atoms with van der Waals surface area (Å²) in [4.78, 5) is 0.147. The molecular formula is C11H9BrO3S. The van der Waals surface area contributed by atoms with Gasteiger partial charge in [-0.15, -0.1) is 0 Å². The van der Waals surface area contributed by atoms with Crippen molar-refractivity contribution >= 4 is 36.8 Å². The predicted octanol–water partition coefficient (Wildman–Crippen LogP) is 2.94. The zero-order valence-electron chi connectivity index (χ0n) is 8.48. The fourth-order valence-electron chi connectivity index (χ4n) is 1.50. The second kappa shape index (κ2) is 4.16. The van der Waals surface area contributed by atoms with Gasteiger partial charge in [0.25, 0.3) is 10.1 Å². The van der Waals surface area contributed by atoms with E-state index < -0.39 is 10.1 Å². The van der Waals surface area contributed by atoms with Crippen molar-refractivity contribution in [2.24, 2.45) is 0 Å². The molecule has 0 unspecified atom stereocenters. The predicted molar refractivity (Wildman–Crippen MR) is 65.8 cm³/mol. The highest BCUT2D eigenvalue weighted by Crippen LogP contribution is 2.31. The van der Waals surface area contributed by atoms with Gasteiger partial charge >= 0.3 is 0 Å². The minimum atomic E-state index is -3.67. The maximum atomic E-state index is 11.6. The van der Waals surface area contributed by atoms with Gasteiger partial charge in [0.2, 0.25) is 0 Å². The average molecular weight is 301 g/mol. The summed E-state index contributed by atoms with van der Waals surface area (Å²) in [6.07, 6.45) is 0. The van der Waals surface area contributed by atoms with Crippen LogP contribution >= 0.6 is 15.9 Å². The van der Waals surface area contributed by atoms with Crippen molar-refractivity contribution in [2.75, 3.05) is 7.11 Å². The van der Waals surface area contributed by atoms with E-state index in [9.17, 15) is 8.42 Å². The molecule has 0 N–H and O–H groups in total. The Balaban J connectivity index is 2.80. The quantitative estimate of drug-likeness (QED) is 0.801. The highest BCUT2D eigenvalue weighted by atomic mass is 79.9. The van der Waals surface area contributed by atoms with E-state index in [4.69, 9.17) is 0 Å². The Labute approximate surface area is 102 Å². The van der Waals surface area contributed by atoms with Crippen LogP contribution in [0, 0.1) is 0 Å². The van der Waals surface area contributed by atoms with E-state index in [1.165, 1.54) is 6.07 Å². The molecule has 0 bridgehead atoms. The van der Waals surface area contributed by atoms with Crippen molar-refractivity contribution < 1.29 is 12.6 Å². The van der Waals surface area contributed by atoms with Gasteiger partial charge in [-0.05, 0) is 32.8 Å². The van der Waals surface area contributed by atoms with Crippen LogP contribution in [0.5, 0.6) is 0 Å². The number of hydrogen-bond donors (Lipinski definition) is 0. The monoisotopic (exact) mass is 300 g/mol. The second-order valence-electron chi connectivity index (χ2n) is 3.22. The normalized spacial score (nSPS) is 11.9. The van der Waals surface area contributed by atoms with Crippen molar-refractivity contribution in [3.8, 4) is 0 Å². The molecule has 2 aromatic carbocycles. The third kappa shape index (κ3) is 1.86. The first kappa shape index (κ1) is 11.6. The SMILES string of the molecule is COS(=O)(=O)c1ccc2ccccc2c1Br. The van der Waals surface area contributed by atoms with Gasteiger partial charge in [-0.1, -0.05) is 30.3 Å². The average Bonchev–Trinajstić information content (AvgIpc) is 2.29. The minimum Gasteiger partial charge on any atom is -0.270 e. The van der Waals surface area contributed by atoms with Crippen LogP contribution in [0.25, 0.3) is 10.8 Å². The second-order valence-corrected chi connectivity index (χ2v) is 5.69. The molecule has 16 heavy (non-hydrogen) atoms. The molecule has 5 heteroatoms. The molecule has 0 aliphatic heterocycles. The van der Waals surface area contributed by atoms with Crippen molar-refractivity contribution in [3.05, 3.63) is 40.9 Å². The molecule has 84 valence electrons. The van der Waals surface area contributed by atoms with Gasteiger partial charge in [-0.25, -0.2) is 0 Å². The molecule has 0 aliphatic carbocycles. The zero-order valence-corrected chi connectivity index (χ0v) is 10.9. The Bertz CT molecular complexity index is 635. The van der Waals surface area contributed by atoms with E-state index in [0.717, 1.165) is 17.9 Å². The highest BCUT2D eigenvalue weighted by Gasteiger charge is 2.18. The number of rotatable bonds is 2. The van der Waals surface area contributed by atoms with Crippen LogP contribution in [0.2, 0.25) is 0 Å². The molecule has 0 heterocycles. The van der Waals surface area contributed by atoms with E-state index in [1.807, 2.05) is 24.3 Å². The van der Waals surface area contributed by atoms with Crippen LogP contribution in [0.3, 0.4) is 0 Å². The zero-order chi connectivity index (χ0) is 11.8. The summed E-state index contributed by atoms with van der Waals surface area (Å²) in [7, 11) is -2.52. The maximum absolute atomic E-state index is 11.6. The first-order chi connectivity index (χ1) is 7.56. The lowest BCUT2D eigenvalue weighted by Crippen LogP contribution is -2.03. The van der Waals surface area contributed by atoms with Crippen LogP contribution in [-0.2, 0) is 14.3 Å². The summed E-state index contributed by atoms with van der Waals surface area (Å²) >= 11 is 3.30. The third-order valence-electron chi connectivity index (χ3n) is 2.32. The van der Waals surface area contributed by atoms with Crippen molar-refractivity contribution in [1.29, 1.82) is 0 Å². The van der Waals surface area contributed by atoms with Crippen molar-refractivity contribution in [3.63, 3.8) is 0 Å². The third-order valence-corrected chi connectivity index (χ3v) is 4.75. The lowest BCUT2D eigenvalue weighted by atomic mass is 10.1. The molecule has 0 spiro atoms. The first-order valence-electron chi connectivity index (χ1n) is 4.54. The minimum absolute atomic E-state index is 0.147. The number of fused-ring (bicyclic) bond motifs is 1. The topological polar surface area (TPSA) is 43.4 Å². The fraction of sp³-hybridized carbons (Fsp3) is 0.0909. The molecule has 0 saturated carbocycles. The number of benzene rings is 2. The van der Waals surface area contributed by atoms with Crippen LogP contribution in [0.1, 0.15) is 0 Å². The first-order valence-corrected chi connectivity index (χ1v) is 6.74. The van der Waals surface area contributed by atoms with E-state index in [0.29, 0.717) is 4.47 Å². The van der Waals surface area contributed by atoms with Gasteiger partial charge in [0.05, 0.1) is 7.11 Å². The summed E-state index contributed by atoms with van der Waals surface area (Å²) in [5.74, 6) is 0. The van der Waals surface area contributed by atoms with Crippen LogP contribution < -0.4 is 0 Å². The Kier molecular flexibility index (Phi) is 3.01. The van der Waals surface area contributed by atoms with Crippen LogP contribution in [-0.4, -0.2) is 15.5 Å². The summed E-state index contributed by atoms with van der Waals surface area (Å²) in [6, 6.07) is 10.8. The van der Waals surface area contributed by atoms with Gasteiger partial charge in [0, 0.05) is 4.47 Å². The standard InChI is InChI=1S/C11H9BrO3S/c1-15-16(13,14)10-7-6-8-4-2-3-5-9(8)11(10)12/h2-7H,1H3.